The van der Waals surface area contributed by atoms with Crippen molar-refractivity contribution < 1.29 is 4.74 Å². The fraction of sp³-hybridized carbons (Fsp3) is 0.333. The topological polar surface area (TPSA) is 35.2 Å². The molecule has 2 aromatic rings. The van der Waals surface area contributed by atoms with Crippen molar-refractivity contribution in [1.82, 2.24) is 0 Å². The van der Waals surface area contributed by atoms with Gasteiger partial charge in [0.1, 0.15) is 5.75 Å². The average Bonchev–Trinajstić information content (AvgIpc) is 2.89. The van der Waals surface area contributed by atoms with E-state index in [1.165, 1.54) is 5.56 Å². The number of nitrogens with two attached hydrogens (primary N) is 1. The zero-order chi connectivity index (χ0) is 13.0. The van der Waals surface area contributed by atoms with Crippen LogP contribution in [0.3, 0.4) is 0 Å². The van der Waals surface area contributed by atoms with E-state index < -0.39 is 0 Å². The highest BCUT2D eigenvalue weighted by atomic mass is 32.1. The SMILES string of the molecule is COc1cc(C(N)CCc2ccsc2)ccc1C. The highest BCUT2D eigenvalue weighted by molar-refractivity contribution is 7.07. The molecule has 2 rings (SSSR count). The molecular weight excluding hydrogens is 242 g/mol. The Labute approximate surface area is 112 Å². The molecule has 1 aromatic heterocycles. The van der Waals surface area contributed by atoms with E-state index in [0.717, 1.165) is 29.7 Å². The summed E-state index contributed by atoms with van der Waals surface area (Å²) in [6.07, 6.45) is 1.99. The predicted molar refractivity (Wildman–Crippen MR) is 77.3 cm³/mol. The maximum atomic E-state index is 6.23. The first-order valence-electron chi connectivity index (χ1n) is 6.12. The minimum absolute atomic E-state index is 0.0689. The van der Waals surface area contributed by atoms with Crippen LogP contribution in [0, 0.1) is 6.92 Å². The van der Waals surface area contributed by atoms with Gasteiger partial charge in [0, 0.05) is 6.04 Å². The molecule has 0 spiro atoms. The molecule has 0 radical (unpaired) electrons. The number of thiophene rings is 1. The average molecular weight is 261 g/mol. The molecule has 0 aliphatic rings. The molecule has 1 atom stereocenters. The van der Waals surface area contributed by atoms with Crippen molar-refractivity contribution in [2.75, 3.05) is 7.11 Å². The third kappa shape index (κ3) is 3.12. The zero-order valence-electron chi connectivity index (χ0n) is 10.8. The Kier molecular flexibility index (Phi) is 4.39. The Hall–Kier alpha value is -1.32. The number of benzene rings is 1. The van der Waals surface area contributed by atoms with Gasteiger partial charge in [0.05, 0.1) is 7.11 Å². The van der Waals surface area contributed by atoms with Crippen LogP contribution >= 0.6 is 11.3 Å². The highest BCUT2D eigenvalue weighted by Gasteiger charge is 2.09. The molecule has 3 heteroatoms. The molecule has 18 heavy (non-hydrogen) atoms. The number of hydrogen-bond acceptors (Lipinski definition) is 3. The molecule has 1 heterocycles. The van der Waals surface area contributed by atoms with Crippen molar-refractivity contribution in [1.29, 1.82) is 0 Å². The molecule has 0 bridgehead atoms. The van der Waals surface area contributed by atoms with E-state index in [0.29, 0.717) is 0 Å². The Balaban J connectivity index is 2.02. The first kappa shape index (κ1) is 13.1. The molecule has 0 fully saturated rings. The van der Waals surface area contributed by atoms with E-state index in [-0.39, 0.29) is 6.04 Å². The molecule has 1 unspecified atom stereocenters. The Morgan fingerprint density at radius 1 is 1.33 bits per heavy atom. The standard InChI is InChI=1S/C15H19NOS/c1-11-3-5-13(9-15(11)17-2)14(16)6-4-12-7-8-18-10-12/h3,5,7-10,14H,4,6,16H2,1-2H3. The number of rotatable bonds is 5. The molecule has 0 saturated carbocycles. The van der Waals surface area contributed by atoms with Gasteiger partial charge in [-0.2, -0.15) is 11.3 Å². The summed E-state index contributed by atoms with van der Waals surface area (Å²) in [6, 6.07) is 8.44. The monoisotopic (exact) mass is 261 g/mol. The zero-order valence-corrected chi connectivity index (χ0v) is 11.7. The molecule has 0 amide bonds. The quantitative estimate of drug-likeness (QED) is 0.890. The predicted octanol–water partition coefficient (Wildman–Crippen LogP) is 3.70. The lowest BCUT2D eigenvalue weighted by molar-refractivity contribution is 0.410. The van der Waals surface area contributed by atoms with Crippen LogP contribution in [0.5, 0.6) is 5.75 Å². The van der Waals surface area contributed by atoms with Gasteiger partial charge in [-0.25, -0.2) is 0 Å². The van der Waals surface area contributed by atoms with E-state index in [4.69, 9.17) is 10.5 Å². The molecule has 96 valence electrons. The second-order valence-electron chi connectivity index (χ2n) is 4.51. The van der Waals surface area contributed by atoms with Gasteiger partial charge in [0.2, 0.25) is 0 Å². The fourth-order valence-electron chi connectivity index (χ4n) is 1.99. The minimum atomic E-state index is 0.0689. The van der Waals surface area contributed by atoms with Crippen molar-refractivity contribution >= 4 is 11.3 Å². The summed E-state index contributed by atoms with van der Waals surface area (Å²) >= 11 is 1.73. The van der Waals surface area contributed by atoms with E-state index in [2.05, 4.69) is 29.0 Å². The van der Waals surface area contributed by atoms with Gasteiger partial charge < -0.3 is 10.5 Å². The van der Waals surface area contributed by atoms with Gasteiger partial charge in [-0.1, -0.05) is 12.1 Å². The maximum Gasteiger partial charge on any atom is 0.122 e. The van der Waals surface area contributed by atoms with Crippen molar-refractivity contribution in [3.63, 3.8) is 0 Å². The molecule has 2 N–H and O–H groups in total. The van der Waals surface area contributed by atoms with Gasteiger partial charge in [-0.05, 0) is 59.3 Å². The summed E-state index contributed by atoms with van der Waals surface area (Å²) in [6.45, 7) is 2.04. The molecular formula is C15H19NOS. The molecule has 0 saturated heterocycles. The summed E-state index contributed by atoms with van der Waals surface area (Å²) in [7, 11) is 1.70. The maximum absolute atomic E-state index is 6.23. The van der Waals surface area contributed by atoms with Gasteiger partial charge in [0.25, 0.3) is 0 Å². The van der Waals surface area contributed by atoms with Gasteiger partial charge in [0.15, 0.2) is 0 Å². The van der Waals surface area contributed by atoms with Crippen LogP contribution in [0.4, 0.5) is 0 Å². The number of hydrogen-bond donors (Lipinski definition) is 1. The molecule has 1 aromatic carbocycles. The van der Waals surface area contributed by atoms with Crippen LogP contribution in [-0.2, 0) is 6.42 Å². The van der Waals surface area contributed by atoms with Crippen LogP contribution in [0.1, 0.15) is 29.2 Å². The smallest absolute Gasteiger partial charge is 0.122 e. The summed E-state index contributed by atoms with van der Waals surface area (Å²) in [5.74, 6) is 0.915. The lowest BCUT2D eigenvalue weighted by Gasteiger charge is -2.14. The summed E-state index contributed by atoms with van der Waals surface area (Å²) in [5, 5.41) is 4.29. The van der Waals surface area contributed by atoms with E-state index in [9.17, 15) is 0 Å². The Bertz CT molecular complexity index is 493. The first-order chi connectivity index (χ1) is 8.70. The van der Waals surface area contributed by atoms with Crippen LogP contribution in [0.15, 0.2) is 35.0 Å². The number of ether oxygens (including phenoxy) is 1. The van der Waals surface area contributed by atoms with Gasteiger partial charge in [-0.15, -0.1) is 0 Å². The number of methoxy groups -OCH3 is 1. The third-order valence-electron chi connectivity index (χ3n) is 3.18. The first-order valence-corrected chi connectivity index (χ1v) is 7.06. The Morgan fingerprint density at radius 3 is 2.83 bits per heavy atom. The van der Waals surface area contributed by atoms with Crippen LogP contribution in [-0.4, -0.2) is 7.11 Å². The lowest BCUT2D eigenvalue weighted by atomic mass is 9.99. The molecule has 2 nitrogen and oxygen atoms in total. The summed E-state index contributed by atoms with van der Waals surface area (Å²) in [5.41, 5.74) is 9.89. The fourth-order valence-corrected chi connectivity index (χ4v) is 2.69. The van der Waals surface area contributed by atoms with E-state index in [1.54, 1.807) is 18.4 Å². The second kappa shape index (κ2) is 6.03. The molecule has 0 aliphatic carbocycles. The van der Waals surface area contributed by atoms with Crippen molar-refractivity contribution in [3.8, 4) is 5.75 Å². The van der Waals surface area contributed by atoms with Crippen molar-refractivity contribution in [2.45, 2.75) is 25.8 Å². The third-order valence-corrected chi connectivity index (χ3v) is 3.92. The van der Waals surface area contributed by atoms with Crippen LogP contribution in [0.25, 0.3) is 0 Å². The molecule has 0 aliphatic heterocycles. The van der Waals surface area contributed by atoms with Gasteiger partial charge in [-0.3, -0.25) is 0 Å². The van der Waals surface area contributed by atoms with E-state index in [1.807, 2.05) is 13.0 Å². The largest absolute Gasteiger partial charge is 0.496 e. The second-order valence-corrected chi connectivity index (χ2v) is 5.29. The minimum Gasteiger partial charge on any atom is -0.496 e. The lowest BCUT2D eigenvalue weighted by Crippen LogP contribution is -2.11. The normalized spacial score (nSPS) is 12.4. The van der Waals surface area contributed by atoms with Crippen molar-refractivity contribution in [2.24, 2.45) is 5.73 Å². The summed E-state index contributed by atoms with van der Waals surface area (Å²) < 4.78 is 5.33. The van der Waals surface area contributed by atoms with Crippen molar-refractivity contribution in [3.05, 3.63) is 51.7 Å². The number of aryl methyl sites for hydroxylation is 2. The highest BCUT2D eigenvalue weighted by Crippen LogP contribution is 2.24. The van der Waals surface area contributed by atoms with E-state index >= 15 is 0 Å². The summed E-state index contributed by atoms with van der Waals surface area (Å²) in [4.78, 5) is 0. The Morgan fingerprint density at radius 2 is 2.17 bits per heavy atom. The van der Waals surface area contributed by atoms with Gasteiger partial charge >= 0.3 is 0 Å². The van der Waals surface area contributed by atoms with Crippen LogP contribution < -0.4 is 10.5 Å². The van der Waals surface area contributed by atoms with Crippen LogP contribution in [0.2, 0.25) is 0 Å².